The van der Waals surface area contributed by atoms with Crippen LogP contribution < -0.4 is 0 Å². The van der Waals surface area contributed by atoms with Gasteiger partial charge in [0, 0.05) is 7.05 Å². The number of hydrogen-bond acceptors (Lipinski definition) is 2. The maximum atomic E-state index is 10.5. The number of halogens is 1. The molecule has 0 aliphatic heterocycles. The number of carbonyl (C=O) groups excluding carboxylic acids is 1. The van der Waals surface area contributed by atoms with E-state index in [1.54, 1.807) is 13.8 Å². The molecule has 0 fully saturated rings. The van der Waals surface area contributed by atoms with Crippen LogP contribution >= 0.6 is 11.6 Å². The monoisotopic (exact) mass is 160 g/mol. The minimum Gasteiger partial charge on any atom is -0.314 e. The highest BCUT2D eigenvalue weighted by Gasteiger charge is 2.25. The van der Waals surface area contributed by atoms with Gasteiger partial charge in [0.2, 0.25) is 0 Å². The third-order valence-corrected chi connectivity index (χ3v) is 1.63. The molecule has 0 aromatic rings. The first-order valence-electron chi connectivity index (χ1n) is 2.76. The van der Waals surface area contributed by atoms with Crippen LogP contribution in [0, 0.1) is 11.3 Å². The second kappa shape index (κ2) is 2.89. The van der Waals surface area contributed by atoms with Gasteiger partial charge in [-0.2, -0.15) is 5.26 Å². The van der Waals surface area contributed by atoms with E-state index in [0.717, 1.165) is 0 Å². The lowest BCUT2D eigenvalue weighted by atomic mass is 10.1. The summed E-state index contributed by atoms with van der Waals surface area (Å²) in [6.45, 7) is 3.24. The van der Waals surface area contributed by atoms with Gasteiger partial charge in [-0.1, -0.05) is 0 Å². The molecule has 0 aliphatic rings. The fourth-order valence-corrected chi connectivity index (χ4v) is 0.506. The molecule has 0 radical (unpaired) electrons. The van der Waals surface area contributed by atoms with Gasteiger partial charge in [-0.25, -0.2) is 0 Å². The zero-order valence-corrected chi connectivity index (χ0v) is 6.94. The van der Waals surface area contributed by atoms with E-state index in [2.05, 4.69) is 0 Å². The molecule has 4 heteroatoms. The number of hydrogen-bond donors (Lipinski definition) is 0. The first-order chi connectivity index (χ1) is 4.41. The van der Waals surface area contributed by atoms with Gasteiger partial charge in [0.05, 0.1) is 6.07 Å². The Labute approximate surface area is 65.2 Å². The van der Waals surface area contributed by atoms with E-state index < -0.39 is 10.9 Å². The number of amides is 1. The van der Waals surface area contributed by atoms with Gasteiger partial charge in [-0.15, -0.1) is 0 Å². The van der Waals surface area contributed by atoms with E-state index in [9.17, 15) is 4.79 Å². The van der Waals surface area contributed by atoms with Crippen LogP contribution in [0.15, 0.2) is 0 Å². The molecule has 0 heterocycles. The van der Waals surface area contributed by atoms with Crippen molar-refractivity contribution in [3.8, 4) is 6.07 Å². The van der Waals surface area contributed by atoms with Crippen molar-refractivity contribution < 1.29 is 4.79 Å². The summed E-state index contributed by atoms with van der Waals surface area (Å²) in [4.78, 5) is 11.7. The molecular formula is C6H9ClN2O. The number of nitriles is 1. The van der Waals surface area contributed by atoms with Gasteiger partial charge >= 0.3 is 5.37 Å². The second-order valence-corrected chi connectivity index (χ2v) is 2.81. The average Bonchev–Trinajstić information content (AvgIpc) is 1.86. The Hall–Kier alpha value is -0.750. The SMILES string of the molecule is CN(C(=O)Cl)C(C)(C)C#N. The first-order valence-corrected chi connectivity index (χ1v) is 3.14. The smallest absolute Gasteiger partial charge is 0.314 e. The summed E-state index contributed by atoms with van der Waals surface area (Å²) in [6, 6.07) is 1.94. The number of nitrogens with zero attached hydrogens (tertiary/aromatic N) is 2. The lowest BCUT2D eigenvalue weighted by Gasteiger charge is -2.26. The van der Waals surface area contributed by atoms with E-state index in [1.165, 1.54) is 11.9 Å². The van der Waals surface area contributed by atoms with E-state index >= 15 is 0 Å². The first kappa shape index (κ1) is 9.25. The molecule has 3 nitrogen and oxygen atoms in total. The molecule has 0 atom stereocenters. The van der Waals surface area contributed by atoms with E-state index in [4.69, 9.17) is 16.9 Å². The molecule has 56 valence electrons. The van der Waals surface area contributed by atoms with Crippen LogP contribution in [0.25, 0.3) is 0 Å². The van der Waals surface area contributed by atoms with Gasteiger partial charge < -0.3 is 4.90 Å². The summed E-state index contributed by atoms with van der Waals surface area (Å²) in [7, 11) is 1.48. The summed E-state index contributed by atoms with van der Waals surface area (Å²) in [5.74, 6) is 0. The highest BCUT2D eigenvalue weighted by Crippen LogP contribution is 2.12. The van der Waals surface area contributed by atoms with E-state index in [1.807, 2.05) is 6.07 Å². The third-order valence-electron chi connectivity index (χ3n) is 1.38. The summed E-state index contributed by atoms with van der Waals surface area (Å²) in [5, 5.41) is 7.89. The fourth-order valence-electron chi connectivity index (χ4n) is 0.295. The maximum Gasteiger partial charge on any atom is 0.317 e. The average molecular weight is 161 g/mol. The molecule has 0 aromatic heterocycles. The summed E-state index contributed by atoms with van der Waals surface area (Å²) < 4.78 is 0. The predicted molar refractivity (Wildman–Crippen MR) is 38.7 cm³/mol. The van der Waals surface area contributed by atoms with Crippen molar-refractivity contribution in [1.82, 2.24) is 4.90 Å². The molecule has 0 aromatic carbocycles. The minimum absolute atomic E-state index is 0.619. The Morgan fingerprint density at radius 1 is 1.70 bits per heavy atom. The van der Waals surface area contributed by atoms with Crippen LogP contribution in [0.2, 0.25) is 0 Å². The van der Waals surface area contributed by atoms with Crippen LogP contribution in [0.3, 0.4) is 0 Å². The van der Waals surface area contributed by atoms with Crippen molar-refractivity contribution in [2.24, 2.45) is 0 Å². The zero-order chi connectivity index (χ0) is 8.36. The minimum atomic E-state index is -0.821. The molecule has 10 heavy (non-hydrogen) atoms. The van der Waals surface area contributed by atoms with Crippen LogP contribution in [0.1, 0.15) is 13.8 Å². The van der Waals surface area contributed by atoms with Crippen molar-refractivity contribution in [3.05, 3.63) is 0 Å². The molecule has 0 spiro atoms. The molecule has 0 unspecified atom stereocenters. The van der Waals surface area contributed by atoms with Gasteiger partial charge in [-0.3, -0.25) is 4.79 Å². The van der Waals surface area contributed by atoms with Crippen molar-refractivity contribution in [2.45, 2.75) is 19.4 Å². The molecule has 0 N–H and O–H groups in total. The molecule has 1 amide bonds. The lowest BCUT2D eigenvalue weighted by Crippen LogP contribution is -2.41. The van der Waals surface area contributed by atoms with Gasteiger partial charge in [-0.05, 0) is 25.4 Å². The Morgan fingerprint density at radius 3 is 2.20 bits per heavy atom. The largest absolute Gasteiger partial charge is 0.317 e. The second-order valence-electron chi connectivity index (χ2n) is 2.48. The number of carbonyl (C=O) groups is 1. The molecule has 0 saturated heterocycles. The van der Waals surface area contributed by atoms with E-state index in [0.29, 0.717) is 0 Å². The molecular weight excluding hydrogens is 152 g/mol. The Balaban J connectivity index is 4.37. The van der Waals surface area contributed by atoms with E-state index in [-0.39, 0.29) is 0 Å². The van der Waals surface area contributed by atoms with Crippen molar-refractivity contribution in [3.63, 3.8) is 0 Å². The Bertz CT molecular complexity index is 183. The topological polar surface area (TPSA) is 44.1 Å². The zero-order valence-electron chi connectivity index (χ0n) is 6.18. The highest BCUT2D eigenvalue weighted by atomic mass is 35.5. The van der Waals surface area contributed by atoms with Crippen molar-refractivity contribution in [2.75, 3.05) is 7.05 Å². The maximum absolute atomic E-state index is 10.5. The number of rotatable bonds is 1. The van der Waals surface area contributed by atoms with Crippen LogP contribution in [0.5, 0.6) is 0 Å². The quantitative estimate of drug-likeness (QED) is 0.432. The standard InChI is InChI=1S/C6H9ClN2O/c1-6(2,4-8)9(3)5(7)10/h1-3H3. The van der Waals surface area contributed by atoms with Gasteiger partial charge in [0.15, 0.2) is 0 Å². The Kier molecular flexibility index (Phi) is 2.67. The normalized spacial score (nSPS) is 10.3. The molecule has 0 rings (SSSR count). The van der Waals surface area contributed by atoms with Gasteiger partial charge in [0.25, 0.3) is 0 Å². The molecule has 0 bridgehead atoms. The highest BCUT2D eigenvalue weighted by molar-refractivity contribution is 6.62. The van der Waals surface area contributed by atoms with Crippen molar-refractivity contribution in [1.29, 1.82) is 5.26 Å². The van der Waals surface area contributed by atoms with Crippen LogP contribution in [-0.2, 0) is 0 Å². The molecule has 0 aliphatic carbocycles. The fraction of sp³-hybridized carbons (Fsp3) is 0.667. The summed E-state index contributed by atoms with van der Waals surface area (Å²) in [5.41, 5.74) is -0.821. The van der Waals surface area contributed by atoms with Crippen molar-refractivity contribution >= 4 is 17.0 Å². The van der Waals surface area contributed by atoms with Crippen LogP contribution in [-0.4, -0.2) is 22.9 Å². The summed E-state index contributed by atoms with van der Waals surface area (Å²) >= 11 is 5.13. The van der Waals surface area contributed by atoms with Crippen LogP contribution in [0.4, 0.5) is 4.79 Å². The summed E-state index contributed by atoms with van der Waals surface area (Å²) in [6.07, 6.45) is 0. The predicted octanol–water partition coefficient (Wildman–Crippen LogP) is 1.58. The third kappa shape index (κ3) is 1.89. The Morgan fingerprint density at radius 2 is 2.10 bits per heavy atom. The molecule has 0 saturated carbocycles. The lowest BCUT2D eigenvalue weighted by molar-refractivity contribution is 0.204. The van der Waals surface area contributed by atoms with Gasteiger partial charge in [0.1, 0.15) is 5.54 Å².